The minimum Gasteiger partial charge on any atom is -0.462 e. The minimum atomic E-state index is -0.496. The monoisotopic (exact) mass is 368 g/mol. The molecule has 0 aliphatic heterocycles. The van der Waals surface area contributed by atoms with Gasteiger partial charge in [-0.2, -0.15) is 5.10 Å². The Kier molecular flexibility index (Phi) is 3.93. The van der Waals surface area contributed by atoms with E-state index in [0.717, 1.165) is 0 Å². The maximum absolute atomic E-state index is 12.9. The van der Waals surface area contributed by atoms with Crippen molar-refractivity contribution in [1.29, 1.82) is 0 Å². The number of ether oxygens (including phenoxy) is 1. The average molecular weight is 369 g/mol. The lowest BCUT2D eigenvalue weighted by atomic mass is 10.2. The van der Waals surface area contributed by atoms with Gasteiger partial charge < -0.3 is 4.74 Å². The predicted molar refractivity (Wildman–Crippen MR) is 97.1 cm³/mol. The van der Waals surface area contributed by atoms with Crippen molar-refractivity contribution in [3.05, 3.63) is 69.9 Å². The van der Waals surface area contributed by atoms with E-state index in [1.807, 2.05) is 0 Å². The molecule has 0 amide bonds. The highest BCUT2D eigenvalue weighted by atomic mass is 35.5. The molecule has 4 aromatic rings. The first-order chi connectivity index (χ1) is 12.6. The molecule has 0 radical (unpaired) electrons. The normalized spacial score (nSPS) is 11.2. The highest BCUT2D eigenvalue weighted by molar-refractivity contribution is 6.30. The fourth-order valence-electron chi connectivity index (χ4n) is 2.77. The maximum atomic E-state index is 12.9. The van der Waals surface area contributed by atoms with Crippen molar-refractivity contribution in [2.45, 2.75) is 6.92 Å². The topological polar surface area (TPSA) is 78.5 Å². The molecule has 0 aliphatic rings. The number of hydrogen-bond acceptors (Lipinski definition) is 5. The van der Waals surface area contributed by atoms with Gasteiger partial charge in [-0.1, -0.05) is 11.6 Å². The van der Waals surface area contributed by atoms with Crippen LogP contribution < -0.4 is 5.56 Å². The molecule has 3 heterocycles. The SMILES string of the molecule is CCOC(=O)c1cnn2c1ncc1c(=O)n(-c3ccc(Cl)cc3)ccc12. The van der Waals surface area contributed by atoms with Crippen LogP contribution in [0, 0.1) is 0 Å². The van der Waals surface area contributed by atoms with Crippen LogP contribution in [0.25, 0.3) is 22.2 Å². The molecule has 3 aromatic heterocycles. The largest absolute Gasteiger partial charge is 0.462 e. The van der Waals surface area contributed by atoms with Crippen LogP contribution in [0.4, 0.5) is 0 Å². The van der Waals surface area contributed by atoms with Crippen molar-refractivity contribution >= 4 is 34.1 Å². The van der Waals surface area contributed by atoms with Crippen molar-refractivity contribution in [3.8, 4) is 5.69 Å². The van der Waals surface area contributed by atoms with Crippen molar-refractivity contribution in [2.75, 3.05) is 6.61 Å². The Morgan fingerprint density at radius 3 is 2.69 bits per heavy atom. The summed E-state index contributed by atoms with van der Waals surface area (Å²) in [6, 6.07) is 8.70. The second-order valence-corrected chi connectivity index (χ2v) is 5.97. The fraction of sp³-hybridized carbons (Fsp3) is 0.111. The van der Waals surface area contributed by atoms with Gasteiger partial charge in [-0.3, -0.25) is 9.36 Å². The summed E-state index contributed by atoms with van der Waals surface area (Å²) in [5.74, 6) is -0.496. The van der Waals surface area contributed by atoms with Crippen molar-refractivity contribution in [1.82, 2.24) is 19.2 Å². The van der Waals surface area contributed by atoms with Gasteiger partial charge in [0.15, 0.2) is 5.65 Å². The lowest BCUT2D eigenvalue weighted by Gasteiger charge is -2.08. The van der Waals surface area contributed by atoms with Crippen LogP contribution in [0.1, 0.15) is 17.3 Å². The quantitative estimate of drug-likeness (QED) is 0.519. The number of nitrogens with zero attached hydrogens (tertiary/aromatic N) is 4. The maximum Gasteiger partial charge on any atom is 0.343 e. The number of rotatable bonds is 3. The molecule has 8 heteroatoms. The highest BCUT2D eigenvalue weighted by Gasteiger charge is 2.17. The van der Waals surface area contributed by atoms with E-state index in [9.17, 15) is 9.59 Å². The number of fused-ring (bicyclic) bond motifs is 3. The molecule has 0 saturated heterocycles. The number of pyridine rings is 1. The standard InChI is InChI=1S/C18H13ClN4O3/c1-2-26-18(25)14-10-21-23-15-7-8-22(12-5-3-11(19)4-6-12)17(24)13(15)9-20-16(14)23/h3-10H,2H2,1H3. The second-order valence-electron chi connectivity index (χ2n) is 5.54. The zero-order valence-corrected chi connectivity index (χ0v) is 14.5. The highest BCUT2D eigenvalue weighted by Crippen LogP contribution is 2.17. The number of esters is 1. The second kappa shape index (κ2) is 6.27. The van der Waals surface area contributed by atoms with Gasteiger partial charge in [-0.05, 0) is 37.3 Å². The van der Waals surface area contributed by atoms with Crippen LogP contribution in [0.3, 0.4) is 0 Å². The Morgan fingerprint density at radius 1 is 1.19 bits per heavy atom. The third kappa shape index (κ3) is 2.53. The third-order valence-corrected chi connectivity index (χ3v) is 4.25. The van der Waals surface area contributed by atoms with E-state index in [1.54, 1.807) is 43.5 Å². The fourth-order valence-corrected chi connectivity index (χ4v) is 2.90. The first kappa shape index (κ1) is 16.3. The molecule has 1 aromatic carbocycles. The molecule has 0 N–H and O–H groups in total. The van der Waals surface area contributed by atoms with E-state index >= 15 is 0 Å². The zero-order chi connectivity index (χ0) is 18.3. The number of carbonyl (C=O) groups is 1. The summed E-state index contributed by atoms with van der Waals surface area (Å²) in [4.78, 5) is 29.1. The summed E-state index contributed by atoms with van der Waals surface area (Å²) in [6.07, 6.45) is 4.49. The van der Waals surface area contributed by atoms with E-state index < -0.39 is 5.97 Å². The molecule has 26 heavy (non-hydrogen) atoms. The van der Waals surface area contributed by atoms with E-state index in [2.05, 4.69) is 10.1 Å². The minimum absolute atomic E-state index is 0.243. The predicted octanol–water partition coefficient (Wildman–Crippen LogP) is 2.86. The molecule has 0 unspecified atom stereocenters. The molecule has 0 aliphatic carbocycles. The number of aromatic nitrogens is 4. The molecule has 0 spiro atoms. The van der Waals surface area contributed by atoms with Crippen LogP contribution in [-0.4, -0.2) is 31.7 Å². The van der Waals surface area contributed by atoms with Crippen LogP contribution in [0.5, 0.6) is 0 Å². The van der Waals surface area contributed by atoms with Crippen LogP contribution >= 0.6 is 11.6 Å². The molecule has 7 nitrogen and oxygen atoms in total. The van der Waals surface area contributed by atoms with Gasteiger partial charge in [0.05, 0.1) is 23.7 Å². The zero-order valence-electron chi connectivity index (χ0n) is 13.7. The number of halogens is 1. The van der Waals surface area contributed by atoms with Gasteiger partial charge in [0, 0.05) is 23.1 Å². The van der Waals surface area contributed by atoms with Crippen molar-refractivity contribution in [3.63, 3.8) is 0 Å². The van der Waals surface area contributed by atoms with Crippen molar-refractivity contribution in [2.24, 2.45) is 0 Å². The lowest BCUT2D eigenvalue weighted by molar-refractivity contribution is 0.0528. The molecule has 0 fully saturated rings. The average Bonchev–Trinajstić information content (AvgIpc) is 3.08. The summed E-state index contributed by atoms with van der Waals surface area (Å²) < 4.78 is 7.98. The Labute approximate surface area is 152 Å². The molecule has 130 valence electrons. The van der Waals surface area contributed by atoms with Crippen LogP contribution in [0.2, 0.25) is 5.02 Å². The Balaban J connectivity index is 1.91. The Morgan fingerprint density at radius 2 is 1.96 bits per heavy atom. The van der Waals surface area contributed by atoms with Crippen LogP contribution in [-0.2, 0) is 4.74 Å². The van der Waals surface area contributed by atoms with Gasteiger partial charge in [0.2, 0.25) is 0 Å². The first-order valence-corrected chi connectivity index (χ1v) is 8.29. The molecule has 0 atom stereocenters. The van der Waals surface area contributed by atoms with Gasteiger partial charge in [-0.15, -0.1) is 0 Å². The summed E-state index contributed by atoms with van der Waals surface area (Å²) in [6.45, 7) is 1.99. The molecule has 0 bridgehead atoms. The third-order valence-electron chi connectivity index (χ3n) is 3.99. The Hall–Kier alpha value is -3.19. The van der Waals surface area contributed by atoms with Crippen LogP contribution in [0.15, 0.2) is 53.7 Å². The number of benzene rings is 1. The first-order valence-electron chi connectivity index (χ1n) is 7.91. The van der Waals surface area contributed by atoms with Gasteiger partial charge in [-0.25, -0.2) is 14.3 Å². The molecule has 4 rings (SSSR count). The van der Waals surface area contributed by atoms with E-state index in [0.29, 0.717) is 27.3 Å². The van der Waals surface area contributed by atoms with Crippen molar-refractivity contribution < 1.29 is 9.53 Å². The summed E-state index contributed by atoms with van der Waals surface area (Å²) in [5, 5.41) is 5.17. The summed E-state index contributed by atoms with van der Waals surface area (Å²) in [5.41, 5.74) is 1.61. The van der Waals surface area contributed by atoms with Gasteiger partial charge >= 0.3 is 5.97 Å². The van der Waals surface area contributed by atoms with E-state index in [-0.39, 0.29) is 17.7 Å². The molecule has 0 saturated carbocycles. The lowest BCUT2D eigenvalue weighted by Crippen LogP contribution is -2.18. The molecular formula is C18H13ClN4O3. The number of hydrogen-bond donors (Lipinski definition) is 0. The Bertz CT molecular complexity index is 1190. The van der Waals surface area contributed by atoms with Gasteiger partial charge in [0.25, 0.3) is 5.56 Å². The summed E-state index contributed by atoms with van der Waals surface area (Å²) >= 11 is 5.90. The number of carbonyl (C=O) groups excluding carboxylic acids is 1. The summed E-state index contributed by atoms with van der Waals surface area (Å²) in [7, 11) is 0. The van der Waals surface area contributed by atoms with E-state index in [4.69, 9.17) is 16.3 Å². The van der Waals surface area contributed by atoms with Gasteiger partial charge in [0.1, 0.15) is 5.56 Å². The van der Waals surface area contributed by atoms with E-state index in [1.165, 1.54) is 21.5 Å². The smallest absolute Gasteiger partial charge is 0.343 e. The molecular weight excluding hydrogens is 356 g/mol.